The van der Waals surface area contributed by atoms with Crippen molar-refractivity contribution in [2.75, 3.05) is 6.54 Å². The molecule has 0 atom stereocenters. The minimum Gasteiger partial charge on any atom is -0.274 e. The highest BCUT2D eigenvalue weighted by molar-refractivity contribution is 8.03. The Morgan fingerprint density at radius 3 is 1.97 bits per heavy atom. The SMILES string of the molecule is Cc1ccc(C2=C(SCc3ccccc3)C(=O)N(CCc3ccccc3)C2=O)cc1. The molecule has 4 rings (SSSR count). The summed E-state index contributed by atoms with van der Waals surface area (Å²) in [5.74, 6) is 0.264. The van der Waals surface area contributed by atoms with Gasteiger partial charge in [0.1, 0.15) is 0 Å². The van der Waals surface area contributed by atoms with Crippen LogP contribution in [-0.4, -0.2) is 23.3 Å². The number of carbonyl (C=O) groups excluding carboxylic acids is 2. The van der Waals surface area contributed by atoms with Crippen LogP contribution in [0.4, 0.5) is 0 Å². The molecule has 0 aromatic heterocycles. The molecule has 0 unspecified atom stereocenters. The van der Waals surface area contributed by atoms with E-state index in [2.05, 4.69) is 0 Å². The number of hydrogen-bond acceptors (Lipinski definition) is 3. The Hall–Kier alpha value is -3.11. The summed E-state index contributed by atoms with van der Waals surface area (Å²) in [6.45, 7) is 2.39. The van der Waals surface area contributed by atoms with Gasteiger partial charge in [0, 0.05) is 12.3 Å². The highest BCUT2D eigenvalue weighted by Gasteiger charge is 2.38. The molecular formula is C26H23NO2S. The van der Waals surface area contributed by atoms with E-state index in [4.69, 9.17) is 0 Å². The van der Waals surface area contributed by atoms with Crippen molar-refractivity contribution in [2.45, 2.75) is 19.1 Å². The van der Waals surface area contributed by atoms with Gasteiger partial charge in [-0.3, -0.25) is 14.5 Å². The topological polar surface area (TPSA) is 37.4 Å². The van der Waals surface area contributed by atoms with Crippen molar-refractivity contribution in [3.8, 4) is 0 Å². The Morgan fingerprint density at radius 2 is 1.33 bits per heavy atom. The highest BCUT2D eigenvalue weighted by Crippen LogP contribution is 2.37. The molecule has 3 aromatic rings. The third-order valence-corrected chi connectivity index (χ3v) is 6.30. The summed E-state index contributed by atoms with van der Waals surface area (Å²) in [5.41, 5.74) is 4.68. The molecular weight excluding hydrogens is 390 g/mol. The Labute approximate surface area is 181 Å². The van der Waals surface area contributed by atoms with Gasteiger partial charge in [-0.15, -0.1) is 11.8 Å². The first-order valence-electron chi connectivity index (χ1n) is 10.0. The molecule has 2 amide bonds. The summed E-state index contributed by atoms with van der Waals surface area (Å²) in [6.07, 6.45) is 0.649. The average Bonchev–Trinajstić information content (AvgIpc) is 3.02. The zero-order valence-electron chi connectivity index (χ0n) is 16.9. The third kappa shape index (κ3) is 4.39. The van der Waals surface area contributed by atoms with Crippen LogP contribution in [0, 0.1) is 6.92 Å². The van der Waals surface area contributed by atoms with Gasteiger partial charge in [0.25, 0.3) is 11.8 Å². The number of thioether (sulfide) groups is 1. The number of carbonyl (C=O) groups is 2. The van der Waals surface area contributed by atoms with Crippen LogP contribution in [-0.2, 0) is 21.8 Å². The fourth-order valence-electron chi connectivity index (χ4n) is 3.48. The lowest BCUT2D eigenvalue weighted by Crippen LogP contribution is -2.33. The molecule has 3 nitrogen and oxygen atoms in total. The number of benzene rings is 3. The molecule has 0 N–H and O–H groups in total. The number of amides is 2. The van der Waals surface area contributed by atoms with Crippen LogP contribution in [0.5, 0.6) is 0 Å². The Bertz CT molecular complexity index is 1070. The molecule has 0 saturated heterocycles. The van der Waals surface area contributed by atoms with Gasteiger partial charge in [-0.2, -0.15) is 0 Å². The van der Waals surface area contributed by atoms with Crippen molar-refractivity contribution in [2.24, 2.45) is 0 Å². The van der Waals surface area contributed by atoms with E-state index >= 15 is 0 Å². The minimum atomic E-state index is -0.199. The second-order valence-corrected chi connectivity index (χ2v) is 8.33. The van der Waals surface area contributed by atoms with E-state index in [1.807, 2.05) is 91.9 Å². The first kappa shape index (κ1) is 20.2. The first-order valence-corrected chi connectivity index (χ1v) is 11.0. The minimum absolute atomic E-state index is 0.188. The van der Waals surface area contributed by atoms with E-state index in [-0.39, 0.29) is 11.8 Å². The summed E-state index contributed by atoms with van der Waals surface area (Å²) in [4.78, 5) is 28.5. The molecule has 0 radical (unpaired) electrons. The van der Waals surface area contributed by atoms with Crippen molar-refractivity contribution < 1.29 is 9.59 Å². The van der Waals surface area contributed by atoms with Crippen molar-refractivity contribution in [3.63, 3.8) is 0 Å². The van der Waals surface area contributed by atoms with Crippen molar-refractivity contribution in [1.82, 2.24) is 4.90 Å². The van der Waals surface area contributed by atoms with Gasteiger partial charge in [0.2, 0.25) is 0 Å². The van der Waals surface area contributed by atoms with Crippen molar-refractivity contribution >= 4 is 29.1 Å². The summed E-state index contributed by atoms with van der Waals surface area (Å²) < 4.78 is 0. The maximum absolute atomic E-state index is 13.3. The van der Waals surface area contributed by atoms with Gasteiger partial charge in [0.15, 0.2) is 0 Å². The molecule has 0 spiro atoms. The predicted octanol–water partition coefficient (Wildman–Crippen LogP) is 5.25. The molecule has 1 aliphatic heterocycles. The maximum Gasteiger partial charge on any atom is 0.268 e. The average molecular weight is 414 g/mol. The van der Waals surface area contributed by atoms with Crippen LogP contribution in [0.3, 0.4) is 0 Å². The van der Waals surface area contributed by atoms with Crippen molar-refractivity contribution in [1.29, 1.82) is 0 Å². The molecule has 0 fully saturated rings. The van der Waals surface area contributed by atoms with Crippen LogP contribution < -0.4 is 0 Å². The van der Waals surface area contributed by atoms with Gasteiger partial charge in [-0.1, -0.05) is 90.5 Å². The summed E-state index contributed by atoms with van der Waals surface area (Å²) in [5, 5.41) is 0. The monoisotopic (exact) mass is 413 g/mol. The second-order valence-electron chi connectivity index (χ2n) is 7.34. The quantitative estimate of drug-likeness (QED) is 0.497. The molecule has 150 valence electrons. The fraction of sp³-hybridized carbons (Fsp3) is 0.154. The number of aryl methyl sites for hydroxylation is 1. The Morgan fingerprint density at radius 1 is 0.733 bits per heavy atom. The van der Waals surface area contributed by atoms with Crippen LogP contribution in [0.1, 0.15) is 22.3 Å². The van der Waals surface area contributed by atoms with Crippen LogP contribution in [0.25, 0.3) is 5.57 Å². The zero-order chi connectivity index (χ0) is 20.9. The van der Waals surface area contributed by atoms with Gasteiger partial charge in [-0.05, 0) is 30.0 Å². The fourth-order valence-corrected chi connectivity index (χ4v) is 4.57. The third-order valence-electron chi connectivity index (χ3n) is 5.16. The molecule has 3 aromatic carbocycles. The van der Waals surface area contributed by atoms with Crippen molar-refractivity contribution in [3.05, 3.63) is 112 Å². The lowest BCUT2D eigenvalue weighted by atomic mass is 10.0. The smallest absolute Gasteiger partial charge is 0.268 e. The number of imide groups is 1. The molecule has 4 heteroatoms. The van der Waals surface area contributed by atoms with Gasteiger partial charge in [-0.25, -0.2) is 0 Å². The van der Waals surface area contributed by atoms with E-state index in [1.54, 1.807) is 0 Å². The van der Waals surface area contributed by atoms with Crippen LogP contribution in [0.15, 0.2) is 89.8 Å². The molecule has 30 heavy (non-hydrogen) atoms. The molecule has 0 aliphatic carbocycles. The number of rotatable bonds is 7. The highest BCUT2D eigenvalue weighted by atomic mass is 32.2. The molecule has 0 saturated carbocycles. The van der Waals surface area contributed by atoms with E-state index in [9.17, 15) is 9.59 Å². The Balaban J connectivity index is 1.60. The lowest BCUT2D eigenvalue weighted by molar-refractivity contribution is -0.136. The van der Waals surface area contributed by atoms with Gasteiger partial charge < -0.3 is 0 Å². The van der Waals surface area contributed by atoms with E-state index in [0.717, 1.165) is 22.3 Å². The number of nitrogens with zero attached hydrogens (tertiary/aromatic N) is 1. The summed E-state index contributed by atoms with van der Waals surface area (Å²) in [6, 6.07) is 27.8. The van der Waals surface area contributed by atoms with E-state index in [0.29, 0.717) is 29.2 Å². The first-order chi connectivity index (χ1) is 14.6. The summed E-state index contributed by atoms with van der Waals surface area (Å²) >= 11 is 1.45. The maximum atomic E-state index is 13.3. The van der Waals surface area contributed by atoms with Gasteiger partial charge >= 0.3 is 0 Å². The summed E-state index contributed by atoms with van der Waals surface area (Å²) in [7, 11) is 0. The van der Waals surface area contributed by atoms with Gasteiger partial charge in [0.05, 0.1) is 10.5 Å². The number of hydrogen-bond donors (Lipinski definition) is 0. The Kier molecular flexibility index (Phi) is 6.15. The largest absolute Gasteiger partial charge is 0.274 e. The van der Waals surface area contributed by atoms with E-state index < -0.39 is 0 Å². The van der Waals surface area contributed by atoms with Crippen LogP contribution in [0.2, 0.25) is 0 Å². The van der Waals surface area contributed by atoms with E-state index in [1.165, 1.54) is 16.7 Å². The standard InChI is InChI=1S/C26H23NO2S/c1-19-12-14-22(15-13-19)23-24(30-18-21-10-6-3-7-11-21)26(29)27(25(23)28)17-16-20-8-4-2-5-9-20/h2-15H,16-18H2,1H3. The predicted molar refractivity (Wildman–Crippen MR) is 123 cm³/mol. The second kappa shape index (κ2) is 9.14. The normalized spacial score (nSPS) is 14.0. The molecule has 1 heterocycles. The lowest BCUT2D eigenvalue weighted by Gasteiger charge is -2.15. The molecule has 0 bridgehead atoms. The van der Waals surface area contributed by atoms with Crippen LogP contribution >= 0.6 is 11.8 Å². The zero-order valence-corrected chi connectivity index (χ0v) is 17.7. The molecule has 1 aliphatic rings.